The maximum Gasteiger partial charge on any atom is 0.116 e. The molecule has 4 atom stereocenters. The quantitative estimate of drug-likeness (QED) is 0.174. The molecule has 0 radical (unpaired) electrons. The second-order valence-corrected chi connectivity index (χ2v) is 15.6. The van der Waals surface area contributed by atoms with Gasteiger partial charge in [0, 0.05) is 28.2 Å². The maximum absolute atomic E-state index is 4.91. The molecule has 0 fully saturated rings. The van der Waals surface area contributed by atoms with Crippen LogP contribution in [0.2, 0.25) is 0 Å². The fourth-order valence-corrected chi connectivity index (χ4v) is 10.1. The number of dihydropyridines is 1. The highest BCUT2D eigenvalue weighted by Gasteiger charge is 2.44. The van der Waals surface area contributed by atoms with E-state index in [0.29, 0.717) is 17.8 Å². The zero-order valence-corrected chi connectivity index (χ0v) is 30.7. The number of thioether (sulfide) groups is 1. The number of aromatic nitrogens is 2. The van der Waals surface area contributed by atoms with Crippen LogP contribution in [0.3, 0.4) is 0 Å². The Bertz CT molecular complexity index is 2470. The van der Waals surface area contributed by atoms with Crippen LogP contribution in [0.1, 0.15) is 29.5 Å². The number of allylic oxidation sites excluding steroid dienone is 9. The van der Waals surface area contributed by atoms with Gasteiger partial charge in [-0.05, 0) is 87.3 Å². The van der Waals surface area contributed by atoms with Crippen molar-refractivity contribution in [1.29, 1.82) is 0 Å². The molecule has 0 bridgehead atoms. The van der Waals surface area contributed by atoms with Gasteiger partial charge in [-0.15, -0.1) is 0 Å². The van der Waals surface area contributed by atoms with Crippen LogP contribution in [-0.4, -0.2) is 22.2 Å². The average molecular weight is 714 g/mol. The Kier molecular flexibility index (Phi) is 8.41. The van der Waals surface area contributed by atoms with Crippen molar-refractivity contribution < 1.29 is 0 Å². The molecule has 0 amide bonds. The van der Waals surface area contributed by atoms with Gasteiger partial charge in [-0.25, -0.2) is 9.97 Å². The Morgan fingerprint density at radius 1 is 0.630 bits per heavy atom. The summed E-state index contributed by atoms with van der Waals surface area (Å²) in [6.45, 7) is 0. The first kappa shape index (κ1) is 32.8. The monoisotopic (exact) mass is 713 g/mol. The van der Waals surface area contributed by atoms with E-state index in [1.54, 1.807) is 6.33 Å². The highest BCUT2D eigenvalue weighted by Crippen LogP contribution is 2.56. The molecule has 0 saturated heterocycles. The van der Waals surface area contributed by atoms with Crippen molar-refractivity contribution in [3.8, 4) is 33.6 Å². The minimum Gasteiger partial charge on any atom is -0.284 e. The molecule has 0 saturated carbocycles. The lowest BCUT2D eigenvalue weighted by Gasteiger charge is -2.33. The van der Waals surface area contributed by atoms with E-state index in [2.05, 4.69) is 174 Å². The molecule has 5 aromatic rings. The third-order valence-corrected chi connectivity index (χ3v) is 12.6. The molecule has 1 aromatic heterocycles. The summed E-state index contributed by atoms with van der Waals surface area (Å²) in [5.74, 6) is 1.04. The lowest BCUT2D eigenvalue weighted by molar-refractivity contribution is 0.468. The zero-order chi connectivity index (χ0) is 35.9. The van der Waals surface area contributed by atoms with Crippen molar-refractivity contribution in [2.45, 2.75) is 29.2 Å². The molecular formula is C50H39N3S. The van der Waals surface area contributed by atoms with Gasteiger partial charge in [0.2, 0.25) is 0 Å². The molecule has 1 spiro atoms. The summed E-state index contributed by atoms with van der Waals surface area (Å²) in [6, 6.07) is 37.5. The standard InChI is InChI=1S/C50H39N3S/c1-2-12-35(13-3-1)46-32-47(53-33-52-46)39-24-25-45-48(31-39)54-29-26-34(37-15-8-16-38(30-37)40-21-9-14-36-18-11-28-51-49(36)40)17-10-27-50(45)43-22-6-4-19-41(43)42-20-5-7-23-44(42)50/h1-16,18-29,31-34,36-37,49H,17,30H2/b27-10+,29-26+. The molecule has 3 aliphatic carbocycles. The minimum absolute atomic E-state index is 0.167. The molecule has 4 aromatic carbocycles. The molecule has 4 heteroatoms. The van der Waals surface area contributed by atoms with Crippen molar-refractivity contribution >= 4 is 18.0 Å². The fourth-order valence-electron chi connectivity index (χ4n) is 9.10. The van der Waals surface area contributed by atoms with E-state index in [9.17, 15) is 0 Å². The van der Waals surface area contributed by atoms with E-state index in [1.165, 1.54) is 43.9 Å². The largest absolute Gasteiger partial charge is 0.284 e. The van der Waals surface area contributed by atoms with Crippen molar-refractivity contribution in [3.05, 3.63) is 210 Å². The molecule has 54 heavy (non-hydrogen) atoms. The van der Waals surface area contributed by atoms with E-state index in [0.717, 1.165) is 35.4 Å². The van der Waals surface area contributed by atoms with Gasteiger partial charge >= 0.3 is 0 Å². The first-order valence-electron chi connectivity index (χ1n) is 19.0. The molecule has 260 valence electrons. The van der Waals surface area contributed by atoms with Gasteiger partial charge in [0.05, 0.1) is 22.8 Å². The Morgan fingerprint density at radius 3 is 2.20 bits per heavy atom. The second kappa shape index (κ2) is 13.9. The van der Waals surface area contributed by atoms with Crippen LogP contribution in [-0.2, 0) is 5.41 Å². The summed E-state index contributed by atoms with van der Waals surface area (Å²) in [6.07, 6.45) is 31.2. The van der Waals surface area contributed by atoms with E-state index >= 15 is 0 Å². The highest BCUT2D eigenvalue weighted by atomic mass is 32.2. The van der Waals surface area contributed by atoms with Crippen LogP contribution in [0.5, 0.6) is 0 Å². The number of hydrogen-bond donors (Lipinski definition) is 0. The molecule has 3 nitrogen and oxygen atoms in total. The number of rotatable bonds is 4. The van der Waals surface area contributed by atoms with Gasteiger partial charge in [0.1, 0.15) is 6.33 Å². The first-order chi connectivity index (χ1) is 26.8. The number of aliphatic imine (C=N–C) groups is 1. The summed E-state index contributed by atoms with van der Waals surface area (Å²) in [4.78, 5) is 15.5. The lowest BCUT2D eigenvalue weighted by atomic mass is 9.71. The normalized spacial score (nSPS) is 24.1. The lowest BCUT2D eigenvalue weighted by Crippen LogP contribution is -2.26. The van der Waals surface area contributed by atoms with Crippen LogP contribution in [0.4, 0.5) is 0 Å². The predicted octanol–water partition coefficient (Wildman–Crippen LogP) is 11.9. The van der Waals surface area contributed by atoms with E-state index in [1.807, 2.05) is 24.0 Å². The Labute approximate surface area is 321 Å². The minimum atomic E-state index is -0.432. The predicted molar refractivity (Wildman–Crippen MR) is 224 cm³/mol. The van der Waals surface area contributed by atoms with Gasteiger partial charge in [0.25, 0.3) is 0 Å². The first-order valence-corrected chi connectivity index (χ1v) is 19.8. The summed E-state index contributed by atoms with van der Waals surface area (Å²) in [5.41, 5.74) is 12.9. The number of hydrogen-bond acceptors (Lipinski definition) is 4. The van der Waals surface area contributed by atoms with Gasteiger partial charge in [-0.1, -0.05) is 164 Å². The van der Waals surface area contributed by atoms with Gasteiger partial charge in [0.15, 0.2) is 0 Å². The summed E-state index contributed by atoms with van der Waals surface area (Å²) < 4.78 is 0. The Balaban J connectivity index is 1.06. The van der Waals surface area contributed by atoms with Gasteiger partial charge < -0.3 is 0 Å². The van der Waals surface area contributed by atoms with Crippen LogP contribution in [0, 0.1) is 17.8 Å². The zero-order valence-electron chi connectivity index (χ0n) is 29.9. The Morgan fingerprint density at radius 2 is 1.37 bits per heavy atom. The fraction of sp³-hybridized carbons (Fsp3) is 0.140. The Hall–Kier alpha value is -5.84. The van der Waals surface area contributed by atoms with Crippen molar-refractivity contribution in [2.75, 3.05) is 0 Å². The van der Waals surface area contributed by atoms with Gasteiger partial charge in [-0.2, -0.15) is 0 Å². The third-order valence-electron chi connectivity index (χ3n) is 11.7. The highest BCUT2D eigenvalue weighted by molar-refractivity contribution is 8.02. The smallest absolute Gasteiger partial charge is 0.116 e. The van der Waals surface area contributed by atoms with E-state index < -0.39 is 5.41 Å². The van der Waals surface area contributed by atoms with Crippen molar-refractivity contribution in [1.82, 2.24) is 9.97 Å². The molecule has 4 unspecified atom stereocenters. The van der Waals surface area contributed by atoms with Crippen LogP contribution in [0.25, 0.3) is 33.6 Å². The SMILES string of the molecule is C1=CC2C=CC=C(C3=CC=CC(C4/C=C/Sc5cc(-c6cc(-c7ccccc7)ncn6)ccc5C5(/C=C/C4)c4ccccc4-c4ccccc45)C3)C2N=C1. The van der Waals surface area contributed by atoms with Crippen molar-refractivity contribution in [2.24, 2.45) is 22.7 Å². The number of benzene rings is 4. The summed E-state index contributed by atoms with van der Waals surface area (Å²) in [7, 11) is 0. The van der Waals surface area contributed by atoms with Gasteiger partial charge in [-0.3, -0.25) is 4.99 Å². The molecule has 10 rings (SSSR count). The topological polar surface area (TPSA) is 38.1 Å². The van der Waals surface area contributed by atoms with Crippen molar-refractivity contribution in [3.63, 3.8) is 0 Å². The second-order valence-electron chi connectivity index (χ2n) is 14.7. The van der Waals surface area contributed by atoms with Crippen LogP contribution < -0.4 is 0 Å². The summed E-state index contributed by atoms with van der Waals surface area (Å²) >= 11 is 1.83. The van der Waals surface area contributed by atoms with E-state index in [4.69, 9.17) is 9.98 Å². The number of fused-ring (bicyclic) bond motifs is 8. The molecule has 2 aliphatic heterocycles. The number of nitrogens with zero attached hydrogens (tertiary/aromatic N) is 3. The maximum atomic E-state index is 4.91. The summed E-state index contributed by atoms with van der Waals surface area (Å²) in [5, 5.41) is 2.35. The molecular weight excluding hydrogens is 675 g/mol. The average Bonchev–Trinajstić information content (AvgIpc) is 3.53. The van der Waals surface area contributed by atoms with E-state index in [-0.39, 0.29) is 6.04 Å². The molecule has 0 N–H and O–H groups in total. The third kappa shape index (κ3) is 5.64. The van der Waals surface area contributed by atoms with Crippen LogP contribution >= 0.6 is 11.8 Å². The molecule has 5 aliphatic rings. The molecule has 3 heterocycles. The van der Waals surface area contributed by atoms with Crippen LogP contribution in [0.15, 0.2) is 203 Å².